The Balaban J connectivity index is 3.82. The summed E-state index contributed by atoms with van der Waals surface area (Å²) in [5.41, 5.74) is 0. The Morgan fingerprint density at radius 2 is 1.43 bits per heavy atom. The summed E-state index contributed by atoms with van der Waals surface area (Å²) >= 11 is 0. The highest BCUT2D eigenvalue weighted by atomic mass is 14.9. The maximum atomic E-state index is 3.65. The zero-order valence-corrected chi connectivity index (χ0v) is 10.9. The van der Waals surface area contributed by atoms with Gasteiger partial charge in [-0.15, -0.1) is 0 Å². The second kappa shape index (κ2) is 7.28. The van der Waals surface area contributed by atoms with Gasteiger partial charge in [0.15, 0.2) is 0 Å². The van der Waals surface area contributed by atoms with E-state index in [2.05, 4.69) is 46.9 Å². The molecule has 0 rings (SSSR count). The Hall–Kier alpha value is -0.0400. The molecule has 0 fully saturated rings. The van der Waals surface area contributed by atoms with Crippen molar-refractivity contribution in [1.29, 1.82) is 0 Å². The molecule has 14 heavy (non-hydrogen) atoms. The van der Waals surface area contributed by atoms with E-state index in [1.54, 1.807) is 0 Å². The van der Waals surface area contributed by atoms with Crippen molar-refractivity contribution in [1.82, 2.24) is 5.32 Å². The lowest BCUT2D eigenvalue weighted by atomic mass is 9.85. The normalized spacial score (nSPS) is 14.4. The van der Waals surface area contributed by atoms with Gasteiger partial charge in [0.1, 0.15) is 0 Å². The molecule has 0 spiro atoms. The molecule has 86 valence electrons. The van der Waals surface area contributed by atoms with Gasteiger partial charge < -0.3 is 5.32 Å². The summed E-state index contributed by atoms with van der Waals surface area (Å²) in [5.74, 6) is 2.39. The fraction of sp³-hybridized carbons (Fsp3) is 1.00. The van der Waals surface area contributed by atoms with Crippen LogP contribution in [0, 0.1) is 17.8 Å². The van der Waals surface area contributed by atoms with Crippen molar-refractivity contribution in [3.8, 4) is 0 Å². The molecule has 0 radical (unpaired) electrons. The molecule has 0 heterocycles. The molecule has 0 saturated heterocycles. The molecular weight excluding hydrogens is 170 g/mol. The van der Waals surface area contributed by atoms with Gasteiger partial charge in [0.05, 0.1) is 0 Å². The van der Waals surface area contributed by atoms with E-state index in [0.29, 0.717) is 6.04 Å². The van der Waals surface area contributed by atoms with Gasteiger partial charge in [-0.1, -0.05) is 41.0 Å². The van der Waals surface area contributed by atoms with Crippen LogP contribution in [0.15, 0.2) is 0 Å². The summed E-state index contributed by atoms with van der Waals surface area (Å²) in [7, 11) is 0. The summed E-state index contributed by atoms with van der Waals surface area (Å²) in [5, 5.41) is 3.65. The molecule has 0 aliphatic rings. The smallest absolute Gasteiger partial charge is 0.00387 e. The van der Waals surface area contributed by atoms with E-state index in [1.165, 1.54) is 19.4 Å². The lowest BCUT2D eigenvalue weighted by Gasteiger charge is -2.27. The van der Waals surface area contributed by atoms with E-state index in [0.717, 1.165) is 17.8 Å². The van der Waals surface area contributed by atoms with Crippen molar-refractivity contribution in [2.45, 2.75) is 60.4 Å². The number of nitrogens with one attached hydrogen (secondary N) is 1. The quantitative estimate of drug-likeness (QED) is 0.659. The third-order valence-electron chi connectivity index (χ3n) is 3.14. The first-order chi connectivity index (χ1) is 6.49. The van der Waals surface area contributed by atoms with Crippen LogP contribution in [0.3, 0.4) is 0 Å². The molecule has 0 bridgehead atoms. The molecule has 1 nitrogen and oxygen atoms in total. The molecule has 1 unspecified atom stereocenters. The third-order valence-corrected chi connectivity index (χ3v) is 3.14. The fourth-order valence-electron chi connectivity index (χ4n) is 2.11. The maximum absolute atomic E-state index is 3.65. The number of rotatable bonds is 7. The van der Waals surface area contributed by atoms with Gasteiger partial charge in [-0.05, 0) is 37.6 Å². The molecule has 1 N–H and O–H groups in total. The first-order valence-electron chi connectivity index (χ1n) is 6.22. The van der Waals surface area contributed by atoms with E-state index < -0.39 is 0 Å². The monoisotopic (exact) mass is 199 g/mol. The zero-order valence-electron chi connectivity index (χ0n) is 10.9. The van der Waals surface area contributed by atoms with Crippen LogP contribution in [0.4, 0.5) is 0 Å². The van der Waals surface area contributed by atoms with E-state index in [9.17, 15) is 0 Å². The summed E-state index contributed by atoms with van der Waals surface area (Å²) in [4.78, 5) is 0. The van der Waals surface area contributed by atoms with E-state index in [-0.39, 0.29) is 0 Å². The lowest BCUT2D eigenvalue weighted by Crippen LogP contribution is -2.35. The molecule has 0 aromatic rings. The molecule has 0 saturated carbocycles. The highest BCUT2D eigenvalue weighted by Crippen LogP contribution is 2.19. The molecule has 0 amide bonds. The molecule has 0 aromatic heterocycles. The molecule has 0 aliphatic heterocycles. The van der Waals surface area contributed by atoms with Crippen molar-refractivity contribution < 1.29 is 0 Å². The molecule has 0 aromatic carbocycles. The van der Waals surface area contributed by atoms with Gasteiger partial charge in [0, 0.05) is 6.04 Å². The summed E-state index contributed by atoms with van der Waals surface area (Å²) in [6, 6.07) is 0.681. The van der Waals surface area contributed by atoms with Crippen molar-refractivity contribution in [2.75, 3.05) is 6.54 Å². The summed E-state index contributed by atoms with van der Waals surface area (Å²) < 4.78 is 0. The van der Waals surface area contributed by atoms with Crippen molar-refractivity contribution >= 4 is 0 Å². The summed E-state index contributed by atoms with van der Waals surface area (Å²) in [6.45, 7) is 15.0. The predicted octanol–water partition coefficient (Wildman–Crippen LogP) is 3.69. The predicted molar refractivity (Wildman–Crippen MR) is 65.5 cm³/mol. The SMILES string of the molecule is CCCC(C)NCC(C(C)C)C(C)C. The molecule has 1 heteroatoms. The van der Waals surface area contributed by atoms with Crippen LogP contribution in [0.25, 0.3) is 0 Å². The zero-order chi connectivity index (χ0) is 11.1. The van der Waals surface area contributed by atoms with Crippen molar-refractivity contribution in [3.05, 3.63) is 0 Å². The van der Waals surface area contributed by atoms with E-state index >= 15 is 0 Å². The summed E-state index contributed by atoms with van der Waals surface area (Å²) in [6.07, 6.45) is 2.57. The van der Waals surface area contributed by atoms with Gasteiger partial charge in [-0.25, -0.2) is 0 Å². The second-order valence-corrected chi connectivity index (χ2v) is 5.25. The van der Waals surface area contributed by atoms with Crippen LogP contribution in [-0.4, -0.2) is 12.6 Å². The van der Waals surface area contributed by atoms with Crippen molar-refractivity contribution in [2.24, 2.45) is 17.8 Å². The van der Waals surface area contributed by atoms with Gasteiger partial charge in [0.2, 0.25) is 0 Å². The minimum atomic E-state index is 0.681. The fourth-order valence-corrected chi connectivity index (χ4v) is 2.11. The van der Waals surface area contributed by atoms with Crippen molar-refractivity contribution in [3.63, 3.8) is 0 Å². The second-order valence-electron chi connectivity index (χ2n) is 5.25. The van der Waals surface area contributed by atoms with Gasteiger partial charge >= 0.3 is 0 Å². The molecule has 1 atom stereocenters. The Kier molecular flexibility index (Phi) is 7.26. The standard InChI is InChI=1S/C13H29N/c1-7-8-12(6)14-9-13(10(2)3)11(4)5/h10-14H,7-9H2,1-6H3. The average Bonchev–Trinajstić information content (AvgIpc) is 2.03. The first kappa shape index (κ1) is 14.0. The lowest BCUT2D eigenvalue weighted by molar-refractivity contribution is 0.265. The third kappa shape index (κ3) is 5.64. The van der Waals surface area contributed by atoms with Gasteiger partial charge in [-0.2, -0.15) is 0 Å². The Labute approximate surface area is 90.7 Å². The van der Waals surface area contributed by atoms with Crippen LogP contribution in [0.2, 0.25) is 0 Å². The van der Waals surface area contributed by atoms with E-state index in [4.69, 9.17) is 0 Å². The van der Waals surface area contributed by atoms with Crippen LogP contribution in [0.1, 0.15) is 54.4 Å². The highest BCUT2D eigenvalue weighted by Gasteiger charge is 2.17. The number of hydrogen-bond donors (Lipinski definition) is 1. The topological polar surface area (TPSA) is 12.0 Å². The molecular formula is C13H29N. The van der Waals surface area contributed by atoms with Crippen LogP contribution < -0.4 is 5.32 Å². The van der Waals surface area contributed by atoms with Crippen LogP contribution in [0.5, 0.6) is 0 Å². The molecule has 0 aliphatic carbocycles. The average molecular weight is 199 g/mol. The van der Waals surface area contributed by atoms with Gasteiger partial charge in [0.25, 0.3) is 0 Å². The Morgan fingerprint density at radius 3 is 1.79 bits per heavy atom. The maximum Gasteiger partial charge on any atom is 0.00387 e. The first-order valence-corrected chi connectivity index (χ1v) is 6.22. The van der Waals surface area contributed by atoms with Crippen LogP contribution >= 0.6 is 0 Å². The minimum Gasteiger partial charge on any atom is -0.314 e. The largest absolute Gasteiger partial charge is 0.314 e. The Bertz CT molecular complexity index is 121. The highest BCUT2D eigenvalue weighted by molar-refractivity contribution is 4.71. The Morgan fingerprint density at radius 1 is 0.929 bits per heavy atom. The van der Waals surface area contributed by atoms with Crippen LogP contribution in [-0.2, 0) is 0 Å². The minimum absolute atomic E-state index is 0.681. The number of hydrogen-bond acceptors (Lipinski definition) is 1. The van der Waals surface area contributed by atoms with Gasteiger partial charge in [-0.3, -0.25) is 0 Å². The van der Waals surface area contributed by atoms with E-state index in [1.807, 2.05) is 0 Å².